The molecule has 0 radical (unpaired) electrons. The fourth-order valence-electron chi connectivity index (χ4n) is 2.40. The van der Waals surface area contributed by atoms with E-state index in [1.807, 2.05) is 62.4 Å². The smallest absolute Gasteiger partial charge is 0.220 e. The Morgan fingerprint density at radius 1 is 1.17 bits per heavy atom. The van der Waals surface area contributed by atoms with E-state index in [1.54, 1.807) is 0 Å². The molecule has 23 heavy (non-hydrogen) atoms. The molecular weight excluding hydrogens is 354 g/mol. The van der Waals surface area contributed by atoms with E-state index in [2.05, 4.69) is 21.2 Å². The van der Waals surface area contributed by atoms with Gasteiger partial charge in [0.25, 0.3) is 0 Å². The standard InChI is InChI=1S/C19H22BrNO2/c1-3-23-18-7-5-4-6-16(18)10-13-19(22)21-14(2)15-8-11-17(20)12-9-15/h4-9,11-12,14H,3,10,13H2,1-2H3,(H,21,22). The first-order valence-corrected chi connectivity index (χ1v) is 8.65. The Bertz CT molecular complexity index is 640. The number of para-hydroxylation sites is 1. The summed E-state index contributed by atoms with van der Waals surface area (Å²) in [6, 6.07) is 15.9. The van der Waals surface area contributed by atoms with Crippen LogP contribution in [0.25, 0.3) is 0 Å². The van der Waals surface area contributed by atoms with Gasteiger partial charge in [-0.1, -0.05) is 46.3 Å². The zero-order valence-electron chi connectivity index (χ0n) is 13.5. The predicted molar refractivity (Wildman–Crippen MR) is 96.6 cm³/mol. The van der Waals surface area contributed by atoms with Gasteiger partial charge in [-0.3, -0.25) is 4.79 Å². The summed E-state index contributed by atoms with van der Waals surface area (Å²) in [5, 5.41) is 3.04. The molecule has 0 heterocycles. The second kappa shape index (κ2) is 8.73. The van der Waals surface area contributed by atoms with Crippen LogP contribution in [-0.2, 0) is 11.2 Å². The van der Waals surface area contributed by atoms with Crippen molar-refractivity contribution in [1.29, 1.82) is 0 Å². The van der Waals surface area contributed by atoms with E-state index in [0.717, 1.165) is 21.3 Å². The van der Waals surface area contributed by atoms with Gasteiger partial charge in [0, 0.05) is 10.9 Å². The van der Waals surface area contributed by atoms with Crippen LogP contribution < -0.4 is 10.1 Å². The van der Waals surface area contributed by atoms with Crippen molar-refractivity contribution in [3.63, 3.8) is 0 Å². The SMILES string of the molecule is CCOc1ccccc1CCC(=O)NC(C)c1ccc(Br)cc1. The first-order valence-electron chi connectivity index (χ1n) is 7.85. The number of hydrogen-bond donors (Lipinski definition) is 1. The summed E-state index contributed by atoms with van der Waals surface area (Å²) in [5.74, 6) is 0.912. The van der Waals surface area contributed by atoms with E-state index in [4.69, 9.17) is 4.74 Å². The summed E-state index contributed by atoms with van der Waals surface area (Å²) in [6.45, 7) is 4.59. The summed E-state index contributed by atoms with van der Waals surface area (Å²) >= 11 is 3.42. The summed E-state index contributed by atoms with van der Waals surface area (Å²) in [6.07, 6.45) is 1.13. The molecule has 0 aliphatic rings. The van der Waals surface area contributed by atoms with Crippen molar-refractivity contribution in [2.75, 3.05) is 6.61 Å². The number of amides is 1. The maximum Gasteiger partial charge on any atom is 0.220 e. The molecule has 0 aliphatic heterocycles. The van der Waals surface area contributed by atoms with Gasteiger partial charge < -0.3 is 10.1 Å². The molecule has 0 saturated carbocycles. The summed E-state index contributed by atoms with van der Waals surface area (Å²) in [7, 11) is 0. The van der Waals surface area contributed by atoms with Crippen LogP contribution in [0.1, 0.15) is 37.4 Å². The van der Waals surface area contributed by atoms with Crippen LogP contribution in [0, 0.1) is 0 Å². The zero-order valence-corrected chi connectivity index (χ0v) is 15.1. The van der Waals surface area contributed by atoms with Crippen LogP contribution >= 0.6 is 15.9 Å². The topological polar surface area (TPSA) is 38.3 Å². The van der Waals surface area contributed by atoms with E-state index in [-0.39, 0.29) is 11.9 Å². The molecule has 3 nitrogen and oxygen atoms in total. The van der Waals surface area contributed by atoms with E-state index in [0.29, 0.717) is 19.4 Å². The van der Waals surface area contributed by atoms with Gasteiger partial charge in [-0.05, 0) is 49.6 Å². The molecule has 2 aromatic carbocycles. The summed E-state index contributed by atoms with van der Waals surface area (Å²) in [4.78, 5) is 12.2. The van der Waals surface area contributed by atoms with Crippen molar-refractivity contribution in [3.05, 3.63) is 64.1 Å². The molecule has 122 valence electrons. The molecular formula is C19H22BrNO2. The number of halogens is 1. The molecule has 1 amide bonds. The third-order valence-electron chi connectivity index (χ3n) is 3.64. The van der Waals surface area contributed by atoms with Gasteiger partial charge in [0.2, 0.25) is 5.91 Å². The van der Waals surface area contributed by atoms with Gasteiger partial charge in [0.05, 0.1) is 12.6 Å². The van der Waals surface area contributed by atoms with Crippen LogP contribution in [0.2, 0.25) is 0 Å². The predicted octanol–water partition coefficient (Wildman–Crippen LogP) is 4.66. The number of carbonyl (C=O) groups is 1. The molecule has 0 aromatic heterocycles. The van der Waals surface area contributed by atoms with Crippen molar-refractivity contribution in [2.24, 2.45) is 0 Å². The van der Waals surface area contributed by atoms with E-state index < -0.39 is 0 Å². The molecule has 1 unspecified atom stereocenters. The Labute approximate surface area is 146 Å². The minimum atomic E-state index is -0.00210. The highest BCUT2D eigenvalue weighted by Gasteiger charge is 2.11. The lowest BCUT2D eigenvalue weighted by Gasteiger charge is -2.15. The number of aryl methyl sites for hydroxylation is 1. The van der Waals surface area contributed by atoms with Crippen LogP contribution in [0.15, 0.2) is 53.0 Å². The van der Waals surface area contributed by atoms with Gasteiger partial charge >= 0.3 is 0 Å². The number of ether oxygens (including phenoxy) is 1. The molecule has 2 aromatic rings. The Balaban J connectivity index is 1.89. The minimum Gasteiger partial charge on any atom is -0.494 e. The van der Waals surface area contributed by atoms with Crippen molar-refractivity contribution in [1.82, 2.24) is 5.32 Å². The third kappa shape index (κ3) is 5.39. The molecule has 0 saturated heterocycles. The van der Waals surface area contributed by atoms with Crippen molar-refractivity contribution >= 4 is 21.8 Å². The van der Waals surface area contributed by atoms with Gasteiger partial charge in [0.15, 0.2) is 0 Å². The molecule has 1 atom stereocenters. The molecule has 1 N–H and O–H groups in total. The van der Waals surface area contributed by atoms with Crippen molar-refractivity contribution in [2.45, 2.75) is 32.7 Å². The molecule has 0 bridgehead atoms. The fraction of sp³-hybridized carbons (Fsp3) is 0.316. The number of nitrogens with one attached hydrogen (secondary N) is 1. The number of hydrogen-bond acceptors (Lipinski definition) is 2. The molecule has 0 aliphatic carbocycles. The van der Waals surface area contributed by atoms with Crippen molar-refractivity contribution in [3.8, 4) is 5.75 Å². The summed E-state index contributed by atoms with van der Waals surface area (Å²) in [5.41, 5.74) is 2.16. The van der Waals surface area contributed by atoms with Gasteiger partial charge in [0.1, 0.15) is 5.75 Å². The van der Waals surface area contributed by atoms with Crippen molar-refractivity contribution < 1.29 is 9.53 Å². The lowest BCUT2D eigenvalue weighted by atomic mass is 10.1. The first-order chi connectivity index (χ1) is 11.1. The van der Waals surface area contributed by atoms with Crippen LogP contribution in [-0.4, -0.2) is 12.5 Å². The molecule has 4 heteroatoms. The molecule has 2 rings (SSSR count). The number of rotatable bonds is 7. The Morgan fingerprint density at radius 2 is 1.87 bits per heavy atom. The van der Waals surface area contributed by atoms with Gasteiger partial charge in [-0.25, -0.2) is 0 Å². The monoisotopic (exact) mass is 375 g/mol. The average molecular weight is 376 g/mol. The molecule has 0 fully saturated rings. The van der Waals surface area contributed by atoms with E-state index >= 15 is 0 Å². The first kappa shape index (κ1) is 17.5. The number of benzene rings is 2. The second-order valence-corrected chi connectivity index (χ2v) is 6.30. The van der Waals surface area contributed by atoms with E-state index in [9.17, 15) is 4.79 Å². The largest absolute Gasteiger partial charge is 0.494 e. The number of carbonyl (C=O) groups excluding carboxylic acids is 1. The lowest BCUT2D eigenvalue weighted by Crippen LogP contribution is -2.26. The van der Waals surface area contributed by atoms with E-state index in [1.165, 1.54) is 0 Å². The summed E-state index contributed by atoms with van der Waals surface area (Å²) < 4.78 is 6.63. The third-order valence-corrected chi connectivity index (χ3v) is 4.17. The fourth-order valence-corrected chi connectivity index (χ4v) is 2.67. The Morgan fingerprint density at radius 3 is 2.57 bits per heavy atom. The highest BCUT2D eigenvalue weighted by atomic mass is 79.9. The van der Waals surface area contributed by atoms with Crippen LogP contribution in [0.4, 0.5) is 0 Å². The Kier molecular flexibility index (Phi) is 6.66. The highest BCUT2D eigenvalue weighted by Crippen LogP contribution is 2.20. The van der Waals surface area contributed by atoms with Gasteiger partial charge in [-0.15, -0.1) is 0 Å². The average Bonchev–Trinajstić information content (AvgIpc) is 2.55. The normalized spacial score (nSPS) is 11.8. The second-order valence-electron chi connectivity index (χ2n) is 5.38. The minimum absolute atomic E-state index is 0.00210. The van der Waals surface area contributed by atoms with Gasteiger partial charge in [-0.2, -0.15) is 0 Å². The van der Waals surface area contributed by atoms with Crippen LogP contribution in [0.3, 0.4) is 0 Å². The highest BCUT2D eigenvalue weighted by molar-refractivity contribution is 9.10. The Hall–Kier alpha value is -1.81. The lowest BCUT2D eigenvalue weighted by molar-refractivity contribution is -0.121. The van der Waals surface area contributed by atoms with Crippen LogP contribution in [0.5, 0.6) is 5.75 Å². The maximum atomic E-state index is 12.2. The molecule has 0 spiro atoms. The zero-order chi connectivity index (χ0) is 16.7. The maximum absolute atomic E-state index is 12.2. The quantitative estimate of drug-likeness (QED) is 0.764.